The first-order chi connectivity index (χ1) is 10.2. The molecule has 1 atom stereocenters. The zero-order valence-corrected chi connectivity index (χ0v) is 13.5. The predicted molar refractivity (Wildman–Crippen MR) is 80.1 cm³/mol. The summed E-state index contributed by atoms with van der Waals surface area (Å²) in [6, 6.07) is 3.32. The number of halogens is 4. The lowest BCUT2D eigenvalue weighted by molar-refractivity contribution is -0.137. The second kappa shape index (κ2) is 6.66. The molecule has 0 radical (unpaired) electrons. The number of amides is 1. The van der Waals surface area contributed by atoms with Gasteiger partial charge in [0.25, 0.3) is 0 Å². The quantitative estimate of drug-likeness (QED) is 0.848. The summed E-state index contributed by atoms with van der Waals surface area (Å²) in [5, 5.41) is 2.27. The van der Waals surface area contributed by atoms with Crippen LogP contribution in [0.2, 0.25) is 5.02 Å². The number of nitrogens with zero attached hydrogens (tertiary/aromatic N) is 2. The Bertz CT molecular complexity index is 570. The van der Waals surface area contributed by atoms with Crippen LogP contribution in [-0.4, -0.2) is 41.2 Å². The van der Waals surface area contributed by atoms with Crippen LogP contribution < -0.4 is 5.32 Å². The van der Waals surface area contributed by atoms with Crippen molar-refractivity contribution in [1.82, 2.24) is 13.9 Å². The van der Waals surface area contributed by atoms with E-state index in [1.165, 1.54) is 24.3 Å². The second-order valence-corrected chi connectivity index (χ2v) is 6.69. The monoisotopic (exact) mass is 353 g/mol. The lowest BCUT2D eigenvalue weighted by Crippen LogP contribution is -2.41. The molecule has 1 N–H and O–H groups in total. The summed E-state index contributed by atoms with van der Waals surface area (Å²) in [4.78, 5) is 12.1. The van der Waals surface area contributed by atoms with E-state index in [-0.39, 0.29) is 29.1 Å². The Morgan fingerprint density at radius 3 is 2.68 bits per heavy atom. The zero-order valence-electron chi connectivity index (χ0n) is 11.9. The van der Waals surface area contributed by atoms with Gasteiger partial charge < -0.3 is 5.32 Å². The van der Waals surface area contributed by atoms with Gasteiger partial charge in [0.05, 0.1) is 10.6 Å². The fraction of sp³-hybridized carbons (Fsp3) is 0.462. The molecule has 2 rings (SSSR count). The Morgan fingerprint density at radius 2 is 2.14 bits per heavy atom. The van der Waals surface area contributed by atoms with E-state index >= 15 is 0 Å². The number of alkyl halides is 3. The number of nitrogens with one attached hydrogen (secondary N) is 1. The minimum atomic E-state index is -4.51. The molecule has 0 aliphatic carbocycles. The van der Waals surface area contributed by atoms with Crippen molar-refractivity contribution in [2.75, 3.05) is 20.6 Å². The molecule has 1 heterocycles. The number of hydrogen-bond donors (Lipinski definition) is 1. The third-order valence-electron chi connectivity index (χ3n) is 3.28. The molecule has 1 aromatic rings. The van der Waals surface area contributed by atoms with Crippen molar-refractivity contribution >= 4 is 29.6 Å². The first kappa shape index (κ1) is 17.4. The van der Waals surface area contributed by atoms with Gasteiger partial charge in [0.1, 0.15) is 6.04 Å². The predicted octanol–water partition coefficient (Wildman–Crippen LogP) is 2.78. The maximum absolute atomic E-state index is 12.8. The number of benzene rings is 1. The van der Waals surface area contributed by atoms with Crippen LogP contribution in [0.25, 0.3) is 0 Å². The fourth-order valence-electron chi connectivity index (χ4n) is 2.15. The third-order valence-corrected chi connectivity index (χ3v) is 4.66. The Labute approximate surface area is 135 Å². The zero-order chi connectivity index (χ0) is 16.5. The Balaban J connectivity index is 2.05. The maximum Gasteiger partial charge on any atom is 0.417 e. The molecule has 22 heavy (non-hydrogen) atoms. The average Bonchev–Trinajstić information content (AvgIpc) is 2.75. The van der Waals surface area contributed by atoms with Crippen molar-refractivity contribution in [2.24, 2.45) is 0 Å². The molecule has 1 aliphatic heterocycles. The highest BCUT2D eigenvalue weighted by Gasteiger charge is 2.34. The first-order valence-corrected chi connectivity index (χ1v) is 7.55. The normalized spacial score (nSPS) is 20.4. The van der Waals surface area contributed by atoms with Crippen LogP contribution in [0.1, 0.15) is 11.1 Å². The molecule has 1 saturated heterocycles. The van der Waals surface area contributed by atoms with E-state index in [2.05, 4.69) is 5.32 Å². The van der Waals surface area contributed by atoms with Gasteiger partial charge >= 0.3 is 6.18 Å². The molecule has 1 amide bonds. The van der Waals surface area contributed by atoms with Gasteiger partial charge in [-0.15, -0.1) is 0 Å². The van der Waals surface area contributed by atoms with Crippen LogP contribution >= 0.6 is 23.7 Å². The van der Waals surface area contributed by atoms with Crippen LogP contribution in [0.3, 0.4) is 0 Å². The van der Waals surface area contributed by atoms with E-state index in [0.29, 0.717) is 6.54 Å². The fourth-order valence-corrected chi connectivity index (χ4v) is 3.38. The van der Waals surface area contributed by atoms with Gasteiger partial charge in [0, 0.05) is 25.2 Å². The SMILES string of the molecule is CN1CC(C(=O)NCc2cccc(C(F)(F)F)c2Cl)N(C)S1. The van der Waals surface area contributed by atoms with Crippen LogP contribution in [0, 0.1) is 0 Å². The van der Waals surface area contributed by atoms with Crippen LogP contribution in [0.4, 0.5) is 13.2 Å². The summed E-state index contributed by atoms with van der Waals surface area (Å²) >= 11 is 7.21. The van der Waals surface area contributed by atoms with Gasteiger partial charge in [-0.3, -0.25) is 4.79 Å². The largest absolute Gasteiger partial charge is 0.417 e. The lowest BCUT2D eigenvalue weighted by Gasteiger charge is -2.17. The van der Waals surface area contributed by atoms with Crippen molar-refractivity contribution in [2.45, 2.75) is 18.8 Å². The third kappa shape index (κ3) is 3.87. The van der Waals surface area contributed by atoms with Crippen LogP contribution in [0.5, 0.6) is 0 Å². The lowest BCUT2D eigenvalue weighted by atomic mass is 10.1. The van der Waals surface area contributed by atoms with Gasteiger partial charge in [0.15, 0.2) is 0 Å². The molecular weight excluding hydrogens is 339 g/mol. The standard InChI is InChI=1S/C13H15ClF3N3OS/c1-19-7-10(20(2)22-19)12(21)18-6-8-4-3-5-9(11(8)14)13(15,16)17/h3-5,10H,6-7H2,1-2H3,(H,18,21). The van der Waals surface area contributed by atoms with E-state index in [9.17, 15) is 18.0 Å². The number of rotatable bonds is 3. The topological polar surface area (TPSA) is 35.6 Å². The number of carbonyl (C=O) groups excluding carboxylic acids is 1. The van der Waals surface area contributed by atoms with E-state index in [0.717, 1.165) is 6.07 Å². The minimum absolute atomic E-state index is 0.0414. The Hall–Kier alpha value is -0.960. The average molecular weight is 354 g/mol. The molecule has 0 bridgehead atoms. The Morgan fingerprint density at radius 1 is 1.45 bits per heavy atom. The smallest absolute Gasteiger partial charge is 0.351 e. The van der Waals surface area contributed by atoms with Crippen LogP contribution in [-0.2, 0) is 17.5 Å². The highest BCUT2D eigenvalue weighted by molar-refractivity contribution is 7.94. The molecule has 4 nitrogen and oxygen atoms in total. The van der Waals surface area contributed by atoms with E-state index in [1.54, 1.807) is 11.4 Å². The van der Waals surface area contributed by atoms with Gasteiger partial charge in [-0.2, -0.15) is 13.2 Å². The molecule has 1 fully saturated rings. The van der Waals surface area contributed by atoms with Gasteiger partial charge in [-0.05, 0) is 25.7 Å². The van der Waals surface area contributed by atoms with E-state index in [1.807, 2.05) is 11.4 Å². The molecule has 0 saturated carbocycles. The minimum Gasteiger partial charge on any atom is -0.351 e. The first-order valence-electron chi connectivity index (χ1n) is 6.44. The summed E-state index contributed by atoms with van der Waals surface area (Å²) in [6.07, 6.45) is -4.51. The molecule has 0 spiro atoms. The summed E-state index contributed by atoms with van der Waals surface area (Å²) < 4.78 is 42.0. The van der Waals surface area contributed by atoms with Crippen molar-refractivity contribution in [3.05, 3.63) is 34.3 Å². The molecule has 1 aliphatic rings. The van der Waals surface area contributed by atoms with Crippen molar-refractivity contribution in [3.63, 3.8) is 0 Å². The Kier molecular flexibility index (Phi) is 5.26. The number of hydrogen-bond acceptors (Lipinski definition) is 4. The highest BCUT2D eigenvalue weighted by atomic mass is 35.5. The summed E-state index contributed by atoms with van der Waals surface area (Å²) in [5.41, 5.74) is -0.652. The van der Waals surface area contributed by atoms with Gasteiger partial charge in [0.2, 0.25) is 5.91 Å². The van der Waals surface area contributed by atoms with Crippen molar-refractivity contribution < 1.29 is 18.0 Å². The van der Waals surface area contributed by atoms with E-state index in [4.69, 9.17) is 11.6 Å². The number of carbonyl (C=O) groups is 1. The van der Waals surface area contributed by atoms with E-state index < -0.39 is 11.7 Å². The molecular formula is C13H15ClF3N3OS. The highest BCUT2D eigenvalue weighted by Crippen LogP contribution is 2.36. The van der Waals surface area contributed by atoms with Crippen molar-refractivity contribution in [3.8, 4) is 0 Å². The summed E-state index contributed by atoms with van der Waals surface area (Å²) in [6.45, 7) is 0.504. The molecule has 1 aromatic carbocycles. The second-order valence-electron chi connectivity index (χ2n) is 4.95. The molecule has 1 unspecified atom stereocenters. The van der Waals surface area contributed by atoms with Gasteiger partial charge in [-0.25, -0.2) is 8.61 Å². The summed E-state index contributed by atoms with van der Waals surface area (Å²) in [5.74, 6) is -0.243. The maximum atomic E-state index is 12.8. The van der Waals surface area contributed by atoms with Gasteiger partial charge in [-0.1, -0.05) is 23.7 Å². The summed E-state index contributed by atoms with van der Waals surface area (Å²) in [7, 11) is 3.65. The molecule has 0 aromatic heterocycles. The number of likely N-dealkylation sites (N-methyl/N-ethyl adjacent to an activating group) is 2. The molecule has 9 heteroatoms. The molecule has 122 valence electrons. The van der Waals surface area contributed by atoms with Crippen LogP contribution in [0.15, 0.2) is 18.2 Å². The van der Waals surface area contributed by atoms with Crippen molar-refractivity contribution in [1.29, 1.82) is 0 Å².